The van der Waals surface area contributed by atoms with Gasteiger partial charge in [-0.1, -0.05) is 0 Å². The summed E-state index contributed by atoms with van der Waals surface area (Å²) in [5, 5.41) is 3.92. The highest BCUT2D eigenvalue weighted by molar-refractivity contribution is 7.18. The maximum Gasteiger partial charge on any atom is 0.262 e. The Morgan fingerprint density at radius 1 is 1.25 bits per heavy atom. The van der Waals surface area contributed by atoms with Crippen molar-refractivity contribution in [2.75, 3.05) is 6.54 Å². The first-order chi connectivity index (χ1) is 11.1. The molecule has 8 heteroatoms. The zero-order valence-corrected chi connectivity index (χ0v) is 14.1. The first-order valence-corrected chi connectivity index (χ1v) is 8.09. The molecule has 0 atom stereocenters. The van der Waals surface area contributed by atoms with E-state index in [9.17, 15) is 13.6 Å². The Morgan fingerprint density at radius 3 is 2.75 bits per heavy atom. The molecule has 126 valence electrons. The summed E-state index contributed by atoms with van der Waals surface area (Å²) >= 11 is 1.53. The van der Waals surface area contributed by atoms with E-state index in [0.717, 1.165) is 40.8 Å². The number of halogens is 3. The number of aromatic nitrogens is 2. The van der Waals surface area contributed by atoms with Crippen molar-refractivity contribution >= 4 is 34.0 Å². The van der Waals surface area contributed by atoms with Gasteiger partial charge in [-0.05, 0) is 36.2 Å². The van der Waals surface area contributed by atoms with Crippen molar-refractivity contribution in [2.24, 2.45) is 0 Å². The van der Waals surface area contributed by atoms with Gasteiger partial charge in [-0.2, -0.15) is 0 Å². The smallest absolute Gasteiger partial charge is 0.262 e. The summed E-state index contributed by atoms with van der Waals surface area (Å²) in [6.07, 6.45) is 2.24. The third kappa shape index (κ3) is 2.94. The molecule has 1 aliphatic heterocycles. The summed E-state index contributed by atoms with van der Waals surface area (Å²) in [6.45, 7) is 1.69. The van der Waals surface area contributed by atoms with Gasteiger partial charge in [0.15, 0.2) is 0 Å². The normalized spacial score (nSPS) is 13.6. The fourth-order valence-corrected chi connectivity index (χ4v) is 4.11. The molecule has 4 rings (SSSR count). The zero-order valence-electron chi connectivity index (χ0n) is 12.5. The summed E-state index contributed by atoms with van der Waals surface area (Å²) in [4.78, 5) is 19.0. The van der Waals surface area contributed by atoms with Crippen molar-refractivity contribution in [3.63, 3.8) is 0 Å². The van der Waals surface area contributed by atoms with E-state index in [1.807, 2.05) is 0 Å². The van der Waals surface area contributed by atoms with E-state index >= 15 is 0 Å². The van der Waals surface area contributed by atoms with Gasteiger partial charge in [0.2, 0.25) is 0 Å². The molecule has 0 amide bonds. The van der Waals surface area contributed by atoms with E-state index in [1.54, 1.807) is 0 Å². The van der Waals surface area contributed by atoms with E-state index < -0.39 is 11.6 Å². The lowest BCUT2D eigenvalue weighted by molar-refractivity contribution is 0.576. The lowest BCUT2D eigenvalue weighted by atomic mass is 10.1. The van der Waals surface area contributed by atoms with Crippen LogP contribution in [0.5, 0.6) is 0 Å². The molecule has 0 saturated heterocycles. The Kier molecular flexibility index (Phi) is 4.67. The predicted octanol–water partition coefficient (Wildman–Crippen LogP) is 2.85. The molecule has 1 aromatic carbocycles. The summed E-state index contributed by atoms with van der Waals surface area (Å²) in [7, 11) is 0. The van der Waals surface area contributed by atoms with Gasteiger partial charge in [0.25, 0.3) is 5.56 Å². The second-order valence-electron chi connectivity index (χ2n) is 5.57. The van der Waals surface area contributed by atoms with Gasteiger partial charge in [-0.15, -0.1) is 23.7 Å². The highest BCUT2D eigenvalue weighted by atomic mass is 35.5. The van der Waals surface area contributed by atoms with Gasteiger partial charge in [-0.3, -0.25) is 9.36 Å². The highest BCUT2D eigenvalue weighted by Gasteiger charge is 2.19. The minimum atomic E-state index is -0.652. The van der Waals surface area contributed by atoms with Crippen molar-refractivity contribution < 1.29 is 8.78 Å². The zero-order chi connectivity index (χ0) is 16.0. The van der Waals surface area contributed by atoms with E-state index in [1.165, 1.54) is 34.4 Å². The van der Waals surface area contributed by atoms with Crippen LogP contribution in [-0.2, 0) is 19.5 Å². The number of hydrogen-bond donors (Lipinski definition) is 1. The number of benzene rings is 1. The van der Waals surface area contributed by atoms with Crippen LogP contribution in [-0.4, -0.2) is 16.1 Å². The van der Waals surface area contributed by atoms with Gasteiger partial charge < -0.3 is 5.32 Å². The number of thiophene rings is 1. The van der Waals surface area contributed by atoms with Crippen LogP contribution >= 0.6 is 23.7 Å². The van der Waals surface area contributed by atoms with Crippen LogP contribution in [0.4, 0.5) is 8.78 Å². The second-order valence-corrected chi connectivity index (χ2v) is 6.65. The molecule has 0 saturated carbocycles. The molecule has 24 heavy (non-hydrogen) atoms. The molecule has 0 bridgehead atoms. The van der Waals surface area contributed by atoms with Crippen molar-refractivity contribution in [2.45, 2.75) is 19.5 Å². The van der Waals surface area contributed by atoms with Crippen LogP contribution in [0.25, 0.3) is 10.2 Å². The van der Waals surface area contributed by atoms with E-state index in [-0.39, 0.29) is 24.5 Å². The molecule has 1 N–H and O–H groups in total. The molecule has 2 aromatic heterocycles. The fourth-order valence-electron chi connectivity index (χ4n) is 2.96. The maximum atomic E-state index is 13.3. The third-order valence-corrected chi connectivity index (χ3v) is 5.11. The number of nitrogens with one attached hydrogen (secondary N) is 1. The number of fused-ring (bicyclic) bond motifs is 3. The SMILES string of the molecule is Cl.O=c1c2c3c(sc2ncn1Cc1cc(F)cc(F)c1)CNCC3. The topological polar surface area (TPSA) is 46.9 Å². The Balaban J connectivity index is 0.00000169. The van der Waals surface area contributed by atoms with Gasteiger partial charge in [0.1, 0.15) is 16.5 Å². The molecular weight excluding hydrogens is 356 g/mol. The quantitative estimate of drug-likeness (QED) is 0.755. The summed E-state index contributed by atoms with van der Waals surface area (Å²) in [6, 6.07) is 3.27. The first-order valence-electron chi connectivity index (χ1n) is 7.27. The van der Waals surface area contributed by atoms with Crippen LogP contribution in [0.2, 0.25) is 0 Å². The maximum absolute atomic E-state index is 13.3. The van der Waals surface area contributed by atoms with Gasteiger partial charge in [-0.25, -0.2) is 13.8 Å². The molecular formula is C16H14ClF2N3OS. The largest absolute Gasteiger partial charge is 0.312 e. The van der Waals surface area contributed by atoms with Gasteiger partial charge in [0, 0.05) is 17.5 Å². The van der Waals surface area contributed by atoms with E-state index in [0.29, 0.717) is 10.9 Å². The minimum Gasteiger partial charge on any atom is -0.312 e. The number of rotatable bonds is 2. The Bertz CT molecular complexity index is 950. The fraction of sp³-hybridized carbons (Fsp3) is 0.250. The van der Waals surface area contributed by atoms with E-state index in [4.69, 9.17) is 0 Å². The first kappa shape index (κ1) is 17.0. The molecule has 0 aliphatic carbocycles. The standard InChI is InChI=1S/C16H13F2N3OS.ClH/c17-10-3-9(4-11(18)5-10)7-21-8-20-15-14(16(21)22)12-1-2-19-6-13(12)23-15;/h3-5,8,19H,1-2,6-7H2;1H. The average Bonchev–Trinajstić information content (AvgIpc) is 2.88. The molecule has 1 aliphatic rings. The van der Waals surface area contributed by atoms with Crippen molar-refractivity contribution in [3.05, 3.63) is 62.5 Å². The van der Waals surface area contributed by atoms with Crippen molar-refractivity contribution in [1.29, 1.82) is 0 Å². The van der Waals surface area contributed by atoms with Crippen LogP contribution < -0.4 is 10.9 Å². The van der Waals surface area contributed by atoms with Gasteiger partial charge in [0.05, 0.1) is 18.3 Å². The molecule has 3 aromatic rings. The Morgan fingerprint density at radius 2 is 2.00 bits per heavy atom. The third-order valence-electron chi connectivity index (χ3n) is 3.97. The molecule has 4 nitrogen and oxygen atoms in total. The Hall–Kier alpha value is -1.83. The minimum absolute atomic E-state index is 0. The lowest BCUT2D eigenvalue weighted by Gasteiger charge is -2.12. The molecule has 0 fully saturated rings. The van der Waals surface area contributed by atoms with Crippen LogP contribution in [0.1, 0.15) is 16.0 Å². The van der Waals surface area contributed by atoms with Crippen LogP contribution in [0.3, 0.4) is 0 Å². The second kappa shape index (κ2) is 6.58. The van der Waals surface area contributed by atoms with Crippen LogP contribution in [0.15, 0.2) is 29.3 Å². The molecule has 0 spiro atoms. The molecule has 0 radical (unpaired) electrons. The number of nitrogens with zero attached hydrogens (tertiary/aromatic N) is 2. The lowest BCUT2D eigenvalue weighted by Crippen LogP contribution is -2.25. The number of hydrogen-bond acceptors (Lipinski definition) is 4. The summed E-state index contributed by atoms with van der Waals surface area (Å²) in [5.41, 5.74) is 1.30. The van der Waals surface area contributed by atoms with Gasteiger partial charge >= 0.3 is 0 Å². The van der Waals surface area contributed by atoms with Crippen molar-refractivity contribution in [1.82, 2.24) is 14.9 Å². The van der Waals surface area contributed by atoms with Crippen molar-refractivity contribution in [3.8, 4) is 0 Å². The average molecular weight is 370 g/mol. The van der Waals surface area contributed by atoms with Crippen LogP contribution in [0, 0.1) is 11.6 Å². The highest BCUT2D eigenvalue weighted by Crippen LogP contribution is 2.29. The van der Waals surface area contributed by atoms with E-state index in [2.05, 4.69) is 10.3 Å². The predicted molar refractivity (Wildman–Crippen MR) is 92.0 cm³/mol. The summed E-state index contributed by atoms with van der Waals surface area (Å²) < 4.78 is 28.0. The Labute approximate surface area is 146 Å². The summed E-state index contributed by atoms with van der Waals surface area (Å²) in [5.74, 6) is -1.30. The molecule has 0 unspecified atom stereocenters. The monoisotopic (exact) mass is 369 g/mol. The molecule has 3 heterocycles.